The fourth-order valence-corrected chi connectivity index (χ4v) is 2.17. The third-order valence-electron chi connectivity index (χ3n) is 3.12. The molecule has 0 unspecified atom stereocenters. The summed E-state index contributed by atoms with van der Waals surface area (Å²) in [5, 5.41) is 4.90. The summed E-state index contributed by atoms with van der Waals surface area (Å²) >= 11 is 5.88. The van der Waals surface area contributed by atoms with Crippen molar-refractivity contribution < 1.29 is 4.74 Å². The van der Waals surface area contributed by atoms with E-state index in [1.165, 1.54) is 0 Å². The van der Waals surface area contributed by atoms with Gasteiger partial charge in [0, 0.05) is 24.0 Å². The van der Waals surface area contributed by atoms with Crippen molar-refractivity contribution in [3.8, 4) is 11.5 Å². The molecule has 0 spiro atoms. The van der Waals surface area contributed by atoms with Crippen molar-refractivity contribution in [1.82, 2.24) is 9.78 Å². The minimum absolute atomic E-state index is 0.695. The summed E-state index contributed by atoms with van der Waals surface area (Å²) in [7, 11) is 0. The quantitative estimate of drug-likeness (QED) is 0.699. The van der Waals surface area contributed by atoms with E-state index in [1.54, 1.807) is 6.20 Å². The van der Waals surface area contributed by atoms with Crippen molar-refractivity contribution in [2.24, 2.45) is 0 Å². The number of rotatable bonds is 5. The molecule has 3 nitrogen and oxygen atoms in total. The largest absolute Gasteiger partial charge is 0.457 e. The lowest BCUT2D eigenvalue weighted by molar-refractivity contribution is 0.472. The topological polar surface area (TPSA) is 27.1 Å². The van der Waals surface area contributed by atoms with Gasteiger partial charge in [-0.05, 0) is 54.4 Å². The predicted molar refractivity (Wildman–Crippen MR) is 82.7 cm³/mol. The van der Waals surface area contributed by atoms with E-state index in [9.17, 15) is 0 Å². The van der Waals surface area contributed by atoms with Gasteiger partial charge in [0.05, 0.1) is 0 Å². The third kappa shape index (κ3) is 3.64. The molecule has 0 saturated heterocycles. The monoisotopic (exact) mass is 297 g/mol. The highest BCUT2D eigenvalue weighted by molar-refractivity contribution is 6.30. The molecule has 1 aromatic heterocycles. The Kier molecular flexibility index (Phi) is 4.22. The van der Waals surface area contributed by atoms with Crippen LogP contribution in [-0.4, -0.2) is 9.78 Å². The van der Waals surface area contributed by atoms with Gasteiger partial charge in [-0.2, -0.15) is 5.10 Å². The Hall–Kier alpha value is -2.26. The van der Waals surface area contributed by atoms with Crippen molar-refractivity contribution >= 4 is 11.6 Å². The van der Waals surface area contributed by atoms with Crippen LogP contribution in [0.15, 0.2) is 60.9 Å². The number of ether oxygens (including phenoxy) is 1. The Balaban J connectivity index is 1.74. The summed E-state index contributed by atoms with van der Waals surface area (Å²) in [6.07, 6.45) is 4.58. The molecule has 0 aliphatic carbocycles. The minimum atomic E-state index is 0.695. The van der Waals surface area contributed by atoms with E-state index < -0.39 is 0 Å². The van der Waals surface area contributed by atoms with Crippen LogP contribution in [0.5, 0.6) is 11.5 Å². The highest BCUT2D eigenvalue weighted by atomic mass is 35.5. The van der Waals surface area contributed by atoms with Crippen molar-refractivity contribution in [3.63, 3.8) is 0 Å². The van der Waals surface area contributed by atoms with Crippen molar-refractivity contribution in [3.05, 3.63) is 77.6 Å². The Labute approximate surface area is 128 Å². The van der Waals surface area contributed by atoms with E-state index in [0.29, 0.717) is 5.02 Å². The molecule has 0 bridgehead atoms. The number of benzene rings is 2. The van der Waals surface area contributed by atoms with Crippen LogP contribution in [-0.2, 0) is 13.0 Å². The smallest absolute Gasteiger partial charge is 0.131 e. The standard InChI is InChI=1S/C17H14ClN2O/c18-15-6-8-16(9-7-15)21-17-5-2-1-4-14(17)10-13-20-12-3-11-19-20/h1,3-9,11-12H,10,13H2. The van der Waals surface area contributed by atoms with E-state index in [4.69, 9.17) is 16.3 Å². The van der Waals surface area contributed by atoms with Crippen LogP contribution < -0.4 is 4.74 Å². The lowest BCUT2D eigenvalue weighted by Crippen LogP contribution is -2.02. The first-order chi connectivity index (χ1) is 10.3. The van der Waals surface area contributed by atoms with E-state index in [2.05, 4.69) is 11.2 Å². The maximum absolute atomic E-state index is 5.91. The fourth-order valence-electron chi connectivity index (χ4n) is 2.05. The van der Waals surface area contributed by atoms with Crippen LogP contribution in [0.4, 0.5) is 0 Å². The molecular weight excluding hydrogens is 284 g/mol. The van der Waals surface area contributed by atoms with E-state index in [1.807, 2.05) is 59.4 Å². The summed E-state index contributed by atoms with van der Waals surface area (Å²) < 4.78 is 7.82. The van der Waals surface area contributed by atoms with E-state index in [0.717, 1.165) is 30.0 Å². The van der Waals surface area contributed by atoms with Crippen LogP contribution in [0.1, 0.15) is 5.56 Å². The summed E-state index contributed by atoms with van der Waals surface area (Å²) in [6, 6.07) is 18.1. The second-order valence-electron chi connectivity index (χ2n) is 4.61. The number of aromatic nitrogens is 2. The zero-order valence-electron chi connectivity index (χ0n) is 11.4. The van der Waals surface area contributed by atoms with Crippen molar-refractivity contribution in [2.75, 3.05) is 0 Å². The minimum Gasteiger partial charge on any atom is -0.457 e. The zero-order valence-corrected chi connectivity index (χ0v) is 12.1. The van der Waals surface area contributed by atoms with Gasteiger partial charge < -0.3 is 4.74 Å². The lowest BCUT2D eigenvalue weighted by Gasteiger charge is -2.11. The van der Waals surface area contributed by atoms with Gasteiger partial charge in [-0.1, -0.05) is 23.7 Å². The number of hydrogen-bond donors (Lipinski definition) is 0. The van der Waals surface area contributed by atoms with Crippen LogP contribution in [0.25, 0.3) is 0 Å². The molecule has 105 valence electrons. The average Bonchev–Trinajstić information content (AvgIpc) is 3.02. The number of nitrogens with zero attached hydrogens (tertiary/aromatic N) is 2. The maximum atomic E-state index is 5.91. The van der Waals surface area contributed by atoms with Crippen molar-refractivity contribution in [2.45, 2.75) is 13.0 Å². The molecule has 0 saturated carbocycles. The first-order valence-corrected chi connectivity index (χ1v) is 7.09. The van der Waals surface area contributed by atoms with E-state index >= 15 is 0 Å². The van der Waals surface area contributed by atoms with Gasteiger partial charge in [-0.3, -0.25) is 4.68 Å². The fraction of sp³-hybridized carbons (Fsp3) is 0.118. The molecule has 3 aromatic rings. The van der Waals surface area contributed by atoms with Gasteiger partial charge in [0.1, 0.15) is 11.5 Å². The predicted octanol–water partition coefficient (Wildman–Crippen LogP) is 4.37. The number of halogens is 1. The van der Waals surface area contributed by atoms with Crippen LogP contribution >= 0.6 is 11.6 Å². The molecule has 3 rings (SSSR count). The van der Waals surface area contributed by atoms with Crippen LogP contribution in [0.2, 0.25) is 5.02 Å². The highest BCUT2D eigenvalue weighted by Crippen LogP contribution is 2.26. The lowest BCUT2D eigenvalue weighted by atomic mass is 10.1. The van der Waals surface area contributed by atoms with Gasteiger partial charge in [0.25, 0.3) is 0 Å². The Morgan fingerprint density at radius 2 is 2.05 bits per heavy atom. The van der Waals surface area contributed by atoms with Crippen molar-refractivity contribution in [1.29, 1.82) is 0 Å². The summed E-state index contributed by atoms with van der Waals surface area (Å²) in [5.41, 5.74) is 1.12. The second-order valence-corrected chi connectivity index (χ2v) is 5.05. The second kappa shape index (κ2) is 6.46. The van der Waals surface area contributed by atoms with Gasteiger partial charge in [0.15, 0.2) is 0 Å². The van der Waals surface area contributed by atoms with Gasteiger partial charge in [-0.15, -0.1) is 0 Å². The summed E-state index contributed by atoms with van der Waals surface area (Å²) in [5.74, 6) is 1.58. The average molecular weight is 298 g/mol. The normalized spacial score (nSPS) is 10.5. The molecule has 2 aromatic carbocycles. The number of hydrogen-bond acceptors (Lipinski definition) is 2. The Morgan fingerprint density at radius 3 is 2.81 bits per heavy atom. The zero-order chi connectivity index (χ0) is 14.5. The van der Waals surface area contributed by atoms with Gasteiger partial charge >= 0.3 is 0 Å². The summed E-state index contributed by atoms with van der Waals surface area (Å²) in [4.78, 5) is 0. The molecule has 0 N–H and O–H groups in total. The molecule has 0 atom stereocenters. The SMILES string of the molecule is Clc1ccc(Oc2c[c]ccc2CCn2cccn2)cc1. The maximum Gasteiger partial charge on any atom is 0.131 e. The highest BCUT2D eigenvalue weighted by Gasteiger charge is 2.05. The molecule has 0 amide bonds. The molecule has 0 fully saturated rings. The third-order valence-corrected chi connectivity index (χ3v) is 3.37. The Bertz CT molecular complexity index is 693. The summed E-state index contributed by atoms with van der Waals surface area (Å²) in [6.45, 7) is 0.813. The van der Waals surface area contributed by atoms with Crippen LogP contribution in [0, 0.1) is 6.07 Å². The number of aryl methyl sites for hydroxylation is 2. The van der Waals surface area contributed by atoms with Gasteiger partial charge in [-0.25, -0.2) is 0 Å². The molecule has 21 heavy (non-hydrogen) atoms. The molecule has 1 heterocycles. The van der Waals surface area contributed by atoms with Crippen LogP contribution in [0.3, 0.4) is 0 Å². The molecule has 0 aliphatic heterocycles. The first kappa shape index (κ1) is 13.7. The Morgan fingerprint density at radius 1 is 1.19 bits per heavy atom. The molecule has 0 aliphatic rings. The van der Waals surface area contributed by atoms with Gasteiger partial charge in [0.2, 0.25) is 0 Å². The molecular formula is C17H14ClN2O. The molecule has 1 radical (unpaired) electrons. The first-order valence-electron chi connectivity index (χ1n) is 6.71. The van der Waals surface area contributed by atoms with E-state index in [-0.39, 0.29) is 0 Å². The molecule has 4 heteroatoms.